The predicted molar refractivity (Wildman–Crippen MR) is 103 cm³/mol. The first-order valence-corrected chi connectivity index (χ1v) is 8.92. The highest BCUT2D eigenvalue weighted by Gasteiger charge is 2.21. The topological polar surface area (TPSA) is 76.9 Å². The monoisotopic (exact) mass is 349 g/mol. The number of rotatable bonds is 4. The SMILES string of the molecule is Cc1cccn2cc(CCN=C(N)NC3CCOc4ccccc43)nc12. The van der Waals surface area contributed by atoms with Crippen LogP contribution >= 0.6 is 0 Å². The molecule has 0 radical (unpaired) electrons. The molecule has 1 aliphatic rings. The van der Waals surface area contributed by atoms with E-state index in [1.54, 1.807) is 0 Å². The maximum Gasteiger partial charge on any atom is 0.189 e. The normalized spacial score (nSPS) is 17.0. The minimum atomic E-state index is 0.140. The van der Waals surface area contributed by atoms with E-state index in [-0.39, 0.29) is 6.04 Å². The summed E-state index contributed by atoms with van der Waals surface area (Å²) in [6.07, 6.45) is 5.70. The Morgan fingerprint density at radius 2 is 2.23 bits per heavy atom. The van der Waals surface area contributed by atoms with Crippen molar-refractivity contribution in [3.63, 3.8) is 0 Å². The third-order valence-electron chi connectivity index (χ3n) is 4.66. The minimum Gasteiger partial charge on any atom is -0.493 e. The number of aliphatic imine (C=N–C) groups is 1. The number of ether oxygens (including phenoxy) is 1. The van der Waals surface area contributed by atoms with E-state index in [1.165, 1.54) is 5.56 Å². The lowest BCUT2D eigenvalue weighted by Gasteiger charge is -2.26. The summed E-state index contributed by atoms with van der Waals surface area (Å²) in [6, 6.07) is 12.3. The van der Waals surface area contributed by atoms with Crippen molar-refractivity contribution in [2.75, 3.05) is 13.2 Å². The van der Waals surface area contributed by atoms with Crippen LogP contribution in [0.1, 0.15) is 29.3 Å². The molecule has 4 rings (SSSR count). The molecule has 134 valence electrons. The molecule has 1 atom stereocenters. The van der Waals surface area contributed by atoms with E-state index < -0.39 is 0 Å². The van der Waals surface area contributed by atoms with E-state index in [0.29, 0.717) is 19.1 Å². The van der Waals surface area contributed by atoms with Crippen LogP contribution in [0.4, 0.5) is 0 Å². The van der Waals surface area contributed by atoms with Gasteiger partial charge in [0.1, 0.15) is 11.4 Å². The van der Waals surface area contributed by atoms with Crippen LogP contribution in [0, 0.1) is 6.92 Å². The van der Waals surface area contributed by atoms with Crippen LogP contribution in [0.2, 0.25) is 0 Å². The summed E-state index contributed by atoms with van der Waals surface area (Å²) in [6.45, 7) is 3.35. The first-order valence-electron chi connectivity index (χ1n) is 8.92. The number of para-hydroxylation sites is 1. The van der Waals surface area contributed by atoms with Gasteiger partial charge >= 0.3 is 0 Å². The van der Waals surface area contributed by atoms with Gasteiger partial charge in [-0.1, -0.05) is 24.3 Å². The number of benzene rings is 1. The lowest BCUT2D eigenvalue weighted by molar-refractivity contribution is 0.262. The highest BCUT2D eigenvalue weighted by atomic mass is 16.5. The lowest BCUT2D eigenvalue weighted by atomic mass is 10.0. The Morgan fingerprint density at radius 1 is 1.35 bits per heavy atom. The largest absolute Gasteiger partial charge is 0.493 e. The molecule has 3 N–H and O–H groups in total. The number of nitrogens with zero attached hydrogens (tertiary/aromatic N) is 3. The van der Waals surface area contributed by atoms with Crippen molar-refractivity contribution in [1.29, 1.82) is 0 Å². The van der Waals surface area contributed by atoms with Crippen molar-refractivity contribution in [2.45, 2.75) is 25.8 Å². The van der Waals surface area contributed by atoms with Gasteiger partial charge in [0.05, 0.1) is 18.3 Å². The fourth-order valence-corrected chi connectivity index (χ4v) is 3.33. The van der Waals surface area contributed by atoms with Crippen molar-refractivity contribution in [2.24, 2.45) is 10.7 Å². The van der Waals surface area contributed by atoms with Crippen molar-refractivity contribution < 1.29 is 4.74 Å². The number of nitrogens with one attached hydrogen (secondary N) is 1. The fraction of sp³-hybridized carbons (Fsp3) is 0.300. The number of hydrogen-bond donors (Lipinski definition) is 2. The highest BCUT2D eigenvalue weighted by Crippen LogP contribution is 2.31. The Bertz CT molecular complexity index is 946. The fourth-order valence-electron chi connectivity index (χ4n) is 3.33. The molecule has 3 aromatic rings. The molecule has 0 spiro atoms. The number of guanidine groups is 1. The standard InChI is InChI=1S/C20H23N5O/c1-14-5-4-11-25-13-15(23-19(14)25)8-10-22-20(21)24-17-9-12-26-18-7-3-2-6-16(17)18/h2-7,11,13,17H,8-10,12H2,1H3,(H3,21,22,24). The molecule has 1 aromatic carbocycles. The van der Waals surface area contributed by atoms with E-state index in [4.69, 9.17) is 10.5 Å². The van der Waals surface area contributed by atoms with Crippen LogP contribution in [0.15, 0.2) is 53.8 Å². The van der Waals surface area contributed by atoms with Crippen molar-refractivity contribution in [1.82, 2.24) is 14.7 Å². The second-order valence-electron chi connectivity index (χ2n) is 6.54. The maximum atomic E-state index is 6.10. The second-order valence-corrected chi connectivity index (χ2v) is 6.54. The zero-order valence-electron chi connectivity index (χ0n) is 14.9. The number of pyridine rings is 1. The van der Waals surface area contributed by atoms with Crippen LogP contribution in [0.3, 0.4) is 0 Å². The predicted octanol–water partition coefficient (Wildman–Crippen LogP) is 2.61. The van der Waals surface area contributed by atoms with Gasteiger partial charge in [-0.05, 0) is 24.6 Å². The third-order valence-corrected chi connectivity index (χ3v) is 4.66. The number of hydrogen-bond acceptors (Lipinski definition) is 3. The van der Waals surface area contributed by atoms with Crippen LogP contribution in [-0.2, 0) is 6.42 Å². The van der Waals surface area contributed by atoms with Crippen LogP contribution in [0.25, 0.3) is 5.65 Å². The molecule has 0 amide bonds. The summed E-state index contributed by atoms with van der Waals surface area (Å²) < 4.78 is 7.73. The molecule has 0 aliphatic carbocycles. The quantitative estimate of drug-likeness (QED) is 0.561. The number of aryl methyl sites for hydroxylation is 1. The molecule has 3 heterocycles. The number of fused-ring (bicyclic) bond motifs is 2. The first-order chi connectivity index (χ1) is 12.7. The Morgan fingerprint density at radius 3 is 3.12 bits per heavy atom. The Balaban J connectivity index is 1.39. The summed E-state index contributed by atoms with van der Waals surface area (Å²) in [7, 11) is 0. The summed E-state index contributed by atoms with van der Waals surface area (Å²) >= 11 is 0. The van der Waals surface area contributed by atoms with Crippen molar-refractivity contribution in [3.8, 4) is 5.75 Å². The molecule has 2 aromatic heterocycles. The van der Waals surface area contributed by atoms with Crippen LogP contribution < -0.4 is 15.8 Å². The average Bonchev–Trinajstić information content (AvgIpc) is 3.06. The van der Waals surface area contributed by atoms with Gasteiger partial charge in [0.2, 0.25) is 0 Å². The molecule has 6 heteroatoms. The molecule has 0 bridgehead atoms. The number of aromatic nitrogens is 2. The zero-order valence-corrected chi connectivity index (χ0v) is 14.9. The molecule has 0 saturated heterocycles. The number of imidazole rings is 1. The van der Waals surface area contributed by atoms with Crippen molar-refractivity contribution in [3.05, 3.63) is 65.6 Å². The minimum absolute atomic E-state index is 0.140. The van der Waals surface area contributed by atoms with E-state index in [0.717, 1.165) is 35.5 Å². The van der Waals surface area contributed by atoms with E-state index in [1.807, 2.05) is 30.5 Å². The third kappa shape index (κ3) is 3.35. The van der Waals surface area contributed by atoms with Gasteiger partial charge in [-0.3, -0.25) is 4.99 Å². The molecule has 6 nitrogen and oxygen atoms in total. The van der Waals surface area contributed by atoms with Crippen LogP contribution in [-0.4, -0.2) is 28.5 Å². The van der Waals surface area contributed by atoms with Gasteiger partial charge in [-0.15, -0.1) is 0 Å². The molecular formula is C20H23N5O. The van der Waals surface area contributed by atoms with Gasteiger partial charge in [0.15, 0.2) is 5.96 Å². The first kappa shape index (κ1) is 16.4. The smallest absolute Gasteiger partial charge is 0.189 e. The Labute approximate surface area is 152 Å². The van der Waals surface area contributed by atoms with E-state index in [2.05, 4.69) is 44.9 Å². The van der Waals surface area contributed by atoms with E-state index >= 15 is 0 Å². The molecule has 0 fully saturated rings. The van der Waals surface area contributed by atoms with Gasteiger partial charge in [-0.25, -0.2) is 4.98 Å². The molecule has 1 aliphatic heterocycles. The molecule has 1 unspecified atom stereocenters. The summed E-state index contributed by atoms with van der Waals surface area (Å²) in [4.78, 5) is 9.14. The average molecular weight is 349 g/mol. The Kier molecular flexibility index (Phi) is 4.48. The number of nitrogens with two attached hydrogens (primary N) is 1. The summed E-state index contributed by atoms with van der Waals surface area (Å²) in [5.41, 5.74) is 10.4. The van der Waals surface area contributed by atoms with Crippen LogP contribution in [0.5, 0.6) is 5.75 Å². The van der Waals surface area contributed by atoms with E-state index in [9.17, 15) is 0 Å². The van der Waals surface area contributed by atoms with Gasteiger partial charge < -0.3 is 20.2 Å². The summed E-state index contributed by atoms with van der Waals surface area (Å²) in [5.74, 6) is 1.38. The molecular weight excluding hydrogens is 326 g/mol. The van der Waals surface area contributed by atoms with Crippen molar-refractivity contribution >= 4 is 11.6 Å². The Hall–Kier alpha value is -3.02. The molecule has 26 heavy (non-hydrogen) atoms. The maximum absolute atomic E-state index is 6.10. The van der Waals surface area contributed by atoms with Gasteiger partial charge in [0, 0.05) is 37.3 Å². The highest BCUT2D eigenvalue weighted by molar-refractivity contribution is 5.78. The van der Waals surface area contributed by atoms with Gasteiger partial charge in [-0.2, -0.15) is 0 Å². The second kappa shape index (κ2) is 7.07. The zero-order chi connectivity index (χ0) is 17.9. The summed E-state index contributed by atoms with van der Waals surface area (Å²) in [5, 5.41) is 3.32. The van der Waals surface area contributed by atoms with Gasteiger partial charge in [0.25, 0.3) is 0 Å². The molecule has 0 saturated carbocycles. The lowest BCUT2D eigenvalue weighted by Crippen LogP contribution is -2.37.